The van der Waals surface area contributed by atoms with Crippen molar-refractivity contribution in [1.29, 1.82) is 0 Å². The Morgan fingerprint density at radius 1 is 1.21 bits per heavy atom. The maximum Gasteiger partial charge on any atom is 0.0345 e. The van der Waals surface area contributed by atoms with Crippen molar-refractivity contribution >= 4 is 0 Å². The fourth-order valence-electron chi connectivity index (χ4n) is 2.87. The van der Waals surface area contributed by atoms with Gasteiger partial charge in [0.1, 0.15) is 0 Å². The average Bonchev–Trinajstić information content (AvgIpc) is 1.99. The molecule has 2 aliphatic rings. The Labute approximate surface area is 88.1 Å². The highest BCUT2D eigenvalue weighted by atomic mass is 15.2. The van der Waals surface area contributed by atoms with Gasteiger partial charge < -0.3 is 5.32 Å². The molecule has 82 valence electrons. The maximum atomic E-state index is 3.36. The third-order valence-corrected chi connectivity index (χ3v) is 4.09. The molecule has 2 heteroatoms. The minimum absolute atomic E-state index is 0.578. The third kappa shape index (κ3) is 2.12. The number of rotatable bonds is 2. The second-order valence-corrected chi connectivity index (χ2v) is 5.89. The van der Waals surface area contributed by atoms with Crippen LogP contribution >= 0.6 is 0 Å². The zero-order valence-corrected chi connectivity index (χ0v) is 9.84. The first-order valence-corrected chi connectivity index (χ1v) is 6.01. The van der Waals surface area contributed by atoms with E-state index in [1.165, 1.54) is 38.8 Å². The Hall–Kier alpha value is -0.0800. The van der Waals surface area contributed by atoms with E-state index in [9.17, 15) is 0 Å². The molecule has 0 spiro atoms. The first-order chi connectivity index (χ1) is 6.58. The predicted octanol–water partition coefficient (Wildman–Crippen LogP) is 1.86. The SMILES string of the molecule is CN(C1CNC1)C1CCCC(C)(C)C1. The van der Waals surface area contributed by atoms with Gasteiger partial charge in [-0.05, 0) is 31.7 Å². The Morgan fingerprint density at radius 3 is 2.43 bits per heavy atom. The molecule has 0 radical (unpaired) electrons. The highest BCUT2D eigenvalue weighted by Gasteiger charge is 2.34. The zero-order valence-electron chi connectivity index (χ0n) is 9.84. The lowest BCUT2D eigenvalue weighted by molar-refractivity contribution is 0.0621. The molecule has 14 heavy (non-hydrogen) atoms. The molecule has 0 aromatic heterocycles. The lowest BCUT2D eigenvalue weighted by Crippen LogP contribution is -2.59. The van der Waals surface area contributed by atoms with Gasteiger partial charge in [-0.25, -0.2) is 0 Å². The first kappa shape index (κ1) is 10.4. The van der Waals surface area contributed by atoms with Gasteiger partial charge >= 0.3 is 0 Å². The molecule has 2 rings (SSSR count). The van der Waals surface area contributed by atoms with Gasteiger partial charge in [-0.15, -0.1) is 0 Å². The predicted molar refractivity (Wildman–Crippen MR) is 60.5 cm³/mol. The standard InChI is InChI=1S/C12H24N2/c1-12(2)6-4-5-10(7-12)14(3)11-8-13-9-11/h10-11,13H,4-9H2,1-3H3. The molecule has 0 aromatic carbocycles. The molecule has 1 unspecified atom stereocenters. The van der Waals surface area contributed by atoms with Crippen LogP contribution in [-0.2, 0) is 0 Å². The topological polar surface area (TPSA) is 15.3 Å². The van der Waals surface area contributed by atoms with Crippen LogP contribution in [0.5, 0.6) is 0 Å². The van der Waals surface area contributed by atoms with E-state index in [-0.39, 0.29) is 0 Å². The Morgan fingerprint density at radius 2 is 1.93 bits per heavy atom. The van der Waals surface area contributed by atoms with Crippen molar-refractivity contribution < 1.29 is 0 Å². The molecule has 1 saturated carbocycles. The monoisotopic (exact) mass is 196 g/mol. The van der Waals surface area contributed by atoms with Crippen LogP contribution in [-0.4, -0.2) is 37.1 Å². The van der Waals surface area contributed by atoms with Crippen LogP contribution in [0.25, 0.3) is 0 Å². The van der Waals surface area contributed by atoms with Crippen LogP contribution in [0.3, 0.4) is 0 Å². The highest BCUT2D eigenvalue weighted by molar-refractivity contribution is 4.90. The van der Waals surface area contributed by atoms with Crippen molar-refractivity contribution in [2.75, 3.05) is 20.1 Å². The number of hydrogen-bond donors (Lipinski definition) is 1. The van der Waals surface area contributed by atoms with Crippen molar-refractivity contribution in [2.45, 2.75) is 51.6 Å². The lowest BCUT2D eigenvalue weighted by atomic mass is 9.74. The summed E-state index contributed by atoms with van der Waals surface area (Å²) in [5.74, 6) is 0. The third-order valence-electron chi connectivity index (χ3n) is 4.09. The molecule has 1 aliphatic heterocycles. The van der Waals surface area contributed by atoms with Crippen LogP contribution in [0, 0.1) is 5.41 Å². The van der Waals surface area contributed by atoms with Crippen molar-refractivity contribution in [3.05, 3.63) is 0 Å². The summed E-state index contributed by atoms with van der Waals surface area (Å²) in [5, 5.41) is 3.36. The Bertz CT molecular complexity index is 196. The van der Waals surface area contributed by atoms with Crippen molar-refractivity contribution in [3.8, 4) is 0 Å². The van der Waals surface area contributed by atoms with Crippen LogP contribution < -0.4 is 5.32 Å². The summed E-state index contributed by atoms with van der Waals surface area (Å²) in [6, 6.07) is 1.65. The minimum Gasteiger partial charge on any atom is -0.314 e. The number of nitrogens with zero attached hydrogens (tertiary/aromatic N) is 1. The van der Waals surface area contributed by atoms with E-state index in [0.29, 0.717) is 5.41 Å². The van der Waals surface area contributed by atoms with Gasteiger partial charge in [-0.3, -0.25) is 4.90 Å². The molecule has 1 saturated heterocycles. The van der Waals surface area contributed by atoms with E-state index in [1.807, 2.05) is 0 Å². The second kappa shape index (κ2) is 3.82. The molecular weight excluding hydrogens is 172 g/mol. The smallest absolute Gasteiger partial charge is 0.0345 e. The first-order valence-electron chi connectivity index (χ1n) is 6.01. The molecule has 2 nitrogen and oxygen atoms in total. The summed E-state index contributed by atoms with van der Waals surface area (Å²) in [6.07, 6.45) is 5.64. The molecule has 2 fully saturated rings. The zero-order chi connectivity index (χ0) is 10.2. The van der Waals surface area contributed by atoms with Gasteiger partial charge in [0.05, 0.1) is 0 Å². The molecule has 1 N–H and O–H groups in total. The summed E-state index contributed by atoms with van der Waals surface area (Å²) < 4.78 is 0. The number of nitrogens with one attached hydrogen (secondary N) is 1. The van der Waals surface area contributed by atoms with E-state index >= 15 is 0 Å². The second-order valence-electron chi connectivity index (χ2n) is 5.89. The molecule has 1 heterocycles. The van der Waals surface area contributed by atoms with Gasteiger partial charge in [-0.2, -0.15) is 0 Å². The van der Waals surface area contributed by atoms with Crippen molar-refractivity contribution in [1.82, 2.24) is 10.2 Å². The van der Waals surface area contributed by atoms with E-state index in [1.54, 1.807) is 0 Å². The maximum absolute atomic E-state index is 3.36. The fourth-order valence-corrected chi connectivity index (χ4v) is 2.87. The van der Waals surface area contributed by atoms with Gasteiger partial charge in [0.15, 0.2) is 0 Å². The summed E-state index contributed by atoms with van der Waals surface area (Å²) >= 11 is 0. The van der Waals surface area contributed by atoms with Gasteiger partial charge in [0.2, 0.25) is 0 Å². The molecule has 1 atom stereocenters. The van der Waals surface area contributed by atoms with E-state index in [0.717, 1.165) is 12.1 Å². The fraction of sp³-hybridized carbons (Fsp3) is 1.00. The van der Waals surface area contributed by atoms with E-state index < -0.39 is 0 Å². The van der Waals surface area contributed by atoms with Gasteiger partial charge in [-0.1, -0.05) is 20.3 Å². The Balaban J connectivity index is 1.89. The van der Waals surface area contributed by atoms with E-state index in [2.05, 4.69) is 31.1 Å². The molecule has 0 amide bonds. The highest BCUT2D eigenvalue weighted by Crippen LogP contribution is 2.37. The number of hydrogen-bond acceptors (Lipinski definition) is 2. The Kier molecular flexibility index (Phi) is 2.85. The summed E-state index contributed by atoms with van der Waals surface area (Å²) in [7, 11) is 2.32. The normalized spacial score (nSPS) is 33.0. The van der Waals surface area contributed by atoms with Crippen molar-refractivity contribution in [3.63, 3.8) is 0 Å². The molecule has 0 aromatic rings. The summed E-state index contributed by atoms with van der Waals surface area (Å²) in [6.45, 7) is 7.25. The van der Waals surface area contributed by atoms with Crippen LogP contribution in [0.15, 0.2) is 0 Å². The van der Waals surface area contributed by atoms with Crippen LogP contribution in [0.4, 0.5) is 0 Å². The van der Waals surface area contributed by atoms with Gasteiger partial charge in [0, 0.05) is 25.2 Å². The molecular formula is C12H24N2. The minimum atomic E-state index is 0.578. The largest absolute Gasteiger partial charge is 0.314 e. The van der Waals surface area contributed by atoms with Crippen molar-refractivity contribution in [2.24, 2.45) is 5.41 Å². The average molecular weight is 196 g/mol. The quantitative estimate of drug-likeness (QED) is 0.725. The van der Waals surface area contributed by atoms with Crippen LogP contribution in [0.1, 0.15) is 39.5 Å². The molecule has 0 bridgehead atoms. The number of likely N-dealkylation sites (N-methyl/N-ethyl adjacent to an activating group) is 1. The summed E-state index contributed by atoms with van der Waals surface area (Å²) in [5.41, 5.74) is 0.578. The molecule has 1 aliphatic carbocycles. The van der Waals surface area contributed by atoms with E-state index in [4.69, 9.17) is 0 Å². The lowest BCUT2D eigenvalue weighted by Gasteiger charge is -2.45. The van der Waals surface area contributed by atoms with Gasteiger partial charge in [0.25, 0.3) is 0 Å². The van der Waals surface area contributed by atoms with Crippen LogP contribution in [0.2, 0.25) is 0 Å². The summed E-state index contributed by atoms with van der Waals surface area (Å²) in [4.78, 5) is 2.62.